The van der Waals surface area contributed by atoms with Crippen molar-refractivity contribution in [1.82, 2.24) is 9.97 Å². The standard InChI is InChI=1S/C21H28ClN5O2S.C2HF3O2/c1-2-3-16(14-28)23-20-19-18(8-13-30(19)29)24-21(25-20)27-11-9-26(10-12-27)17-6-4-15(22)5-7-17;3-2(4,5)1(6)7/h4-7,16,28H,2-3,8-14H2,1H3,(H,23,24,25);(H,6,7)/t16-,30?;/m1./s1. The SMILES string of the molecule is CCC[C@H](CO)Nc1nc(N2CCN(c3ccc(Cl)cc3)CC2)nc2c1S(=O)CC2.O=C(O)C(F)(F)F. The van der Waals surface area contributed by atoms with E-state index in [1.807, 2.05) is 24.3 Å². The first-order chi connectivity index (χ1) is 17.5. The zero-order valence-corrected chi connectivity index (χ0v) is 21.7. The van der Waals surface area contributed by atoms with Crippen molar-refractivity contribution in [2.75, 3.05) is 53.7 Å². The summed E-state index contributed by atoms with van der Waals surface area (Å²) in [6.07, 6.45) is -2.60. The van der Waals surface area contributed by atoms with E-state index in [1.165, 1.54) is 0 Å². The van der Waals surface area contributed by atoms with E-state index in [9.17, 15) is 22.5 Å². The normalized spacial score (nSPS) is 18.1. The van der Waals surface area contributed by atoms with E-state index in [0.717, 1.165) is 55.4 Å². The van der Waals surface area contributed by atoms with Crippen LogP contribution in [-0.4, -0.2) is 81.1 Å². The van der Waals surface area contributed by atoms with E-state index >= 15 is 0 Å². The number of carbonyl (C=O) groups is 1. The lowest BCUT2D eigenvalue weighted by molar-refractivity contribution is -0.192. The van der Waals surface area contributed by atoms with E-state index in [1.54, 1.807) is 0 Å². The zero-order chi connectivity index (χ0) is 27.2. The largest absolute Gasteiger partial charge is 0.490 e. The van der Waals surface area contributed by atoms with Crippen molar-refractivity contribution in [2.45, 2.75) is 43.3 Å². The highest BCUT2D eigenvalue weighted by Crippen LogP contribution is 2.31. The summed E-state index contributed by atoms with van der Waals surface area (Å²) in [6, 6.07) is 7.83. The summed E-state index contributed by atoms with van der Waals surface area (Å²) in [7, 11) is -1.08. The Labute approximate surface area is 220 Å². The van der Waals surface area contributed by atoms with Gasteiger partial charge in [0.25, 0.3) is 0 Å². The number of rotatable bonds is 7. The van der Waals surface area contributed by atoms with Crippen LogP contribution in [0.2, 0.25) is 5.02 Å². The van der Waals surface area contributed by atoms with Gasteiger partial charge in [-0.25, -0.2) is 9.78 Å². The number of benzene rings is 1. The second-order valence-corrected chi connectivity index (χ2v) is 10.5. The number of carboxylic acid groups (broad SMARTS) is 1. The van der Waals surface area contributed by atoms with Crippen LogP contribution in [-0.2, 0) is 22.0 Å². The Kier molecular flexibility index (Phi) is 9.96. The molecular formula is C23H29ClF3N5O4S. The van der Waals surface area contributed by atoms with Crippen molar-refractivity contribution in [3.8, 4) is 0 Å². The van der Waals surface area contributed by atoms with Crippen LogP contribution >= 0.6 is 11.6 Å². The highest BCUT2D eigenvalue weighted by molar-refractivity contribution is 7.85. The first-order valence-corrected chi connectivity index (χ1v) is 13.5. The van der Waals surface area contributed by atoms with Gasteiger partial charge in [-0.05, 0) is 30.7 Å². The molecular weight excluding hydrogens is 535 g/mol. The monoisotopic (exact) mass is 563 g/mol. The number of anilines is 3. The molecule has 0 aliphatic carbocycles. The molecule has 2 aliphatic rings. The van der Waals surface area contributed by atoms with Gasteiger partial charge in [0.1, 0.15) is 10.7 Å². The van der Waals surface area contributed by atoms with Crippen LogP contribution in [0.4, 0.5) is 30.6 Å². The molecule has 2 aromatic rings. The molecule has 0 amide bonds. The number of carboxylic acids is 1. The molecule has 14 heteroatoms. The summed E-state index contributed by atoms with van der Waals surface area (Å²) >= 11 is 6.00. The Morgan fingerprint density at radius 3 is 2.30 bits per heavy atom. The molecule has 1 saturated heterocycles. The number of nitrogens with one attached hydrogen (secondary N) is 1. The van der Waals surface area contributed by atoms with Crippen LogP contribution in [0.25, 0.3) is 0 Å². The molecule has 1 aromatic carbocycles. The Morgan fingerprint density at radius 1 is 1.16 bits per heavy atom. The molecule has 3 N–H and O–H groups in total. The predicted octanol–water partition coefficient (Wildman–Crippen LogP) is 3.33. The number of aliphatic hydroxyl groups is 1. The minimum Gasteiger partial charge on any atom is -0.475 e. The van der Waals surface area contributed by atoms with Crippen LogP contribution in [0.15, 0.2) is 29.2 Å². The summed E-state index contributed by atoms with van der Waals surface area (Å²) in [5.41, 5.74) is 2.03. The number of halogens is 4. The minimum atomic E-state index is -5.08. The van der Waals surface area contributed by atoms with Crippen LogP contribution in [0.1, 0.15) is 25.5 Å². The van der Waals surface area contributed by atoms with Gasteiger partial charge >= 0.3 is 12.1 Å². The first kappa shape index (κ1) is 28.9. The number of aromatic nitrogens is 2. The second-order valence-electron chi connectivity index (χ2n) is 8.51. The van der Waals surface area contributed by atoms with E-state index < -0.39 is 22.9 Å². The molecule has 1 aromatic heterocycles. The highest BCUT2D eigenvalue weighted by atomic mass is 35.5. The Morgan fingerprint density at radius 2 is 1.76 bits per heavy atom. The molecule has 3 heterocycles. The van der Waals surface area contributed by atoms with Crippen molar-refractivity contribution in [1.29, 1.82) is 0 Å². The van der Waals surface area contributed by atoms with Gasteiger partial charge < -0.3 is 25.3 Å². The van der Waals surface area contributed by atoms with Crippen LogP contribution in [0.5, 0.6) is 0 Å². The third-order valence-electron chi connectivity index (χ3n) is 5.87. The fourth-order valence-electron chi connectivity index (χ4n) is 3.99. The number of alkyl halides is 3. The molecule has 1 fully saturated rings. The zero-order valence-electron chi connectivity index (χ0n) is 20.2. The summed E-state index contributed by atoms with van der Waals surface area (Å²) in [6.45, 7) is 5.45. The van der Waals surface area contributed by atoms with E-state index in [-0.39, 0.29) is 12.6 Å². The van der Waals surface area contributed by atoms with Crippen molar-refractivity contribution in [3.05, 3.63) is 35.0 Å². The number of hydrogen-bond donors (Lipinski definition) is 3. The smallest absolute Gasteiger partial charge is 0.475 e. The van der Waals surface area contributed by atoms with E-state index in [0.29, 0.717) is 28.8 Å². The lowest BCUT2D eigenvalue weighted by Gasteiger charge is -2.36. The summed E-state index contributed by atoms with van der Waals surface area (Å²) < 4.78 is 44.3. The quantitative estimate of drug-likeness (QED) is 0.466. The van der Waals surface area contributed by atoms with E-state index in [2.05, 4.69) is 22.0 Å². The Hall–Kier alpha value is -2.64. The average Bonchev–Trinajstić information content (AvgIpc) is 3.25. The third kappa shape index (κ3) is 7.68. The van der Waals surface area contributed by atoms with Crippen molar-refractivity contribution in [2.24, 2.45) is 0 Å². The first-order valence-electron chi connectivity index (χ1n) is 11.8. The molecule has 0 spiro atoms. The molecule has 0 saturated carbocycles. The molecule has 2 aliphatic heterocycles. The third-order valence-corrected chi connectivity index (χ3v) is 7.58. The maximum atomic E-state index is 12.5. The number of aliphatic carboxylic acids is 1. The van der Waals surface area contributed by atoms with Gasteiger partial charge in [0.2, 0.25) is 5.95 Å². The number of nitrogens with zero attached hydrogens (tertiary/aromatic N) is 4. The fourth-order valence-corrected chi connectivity index (χ4v) is 5.43. The summed E-state index contributed by atoms with van der Waals surface area (Å²) in [5, 5.41) is 20.9. The molecule has 4 rings (SSSR count). The van der Waals surface area contributed by atoms with Gasteiger partial charge in [0, 0.05) is 49.1 Å². The predicted molar refractivity (Wildman–Crippen MR) is 136 cm³/mol. The number of fused-ring (bicyclic) bond motifs is 1. The van der Waals surface area contributed by atoms with Crippen LogP contribution in [0, 0.1) is 0 Å². The van der Waals surface area contributed by atoms with Crippen LogP contribution in [0.3, 0.4) is 0 Å². The number of aryl methyl sites for hydroxylation is 1. The van der Waals surface area contributed by atoms with Crippen LogP contribution < -0.4 is 15.1 Å². The van der Waals surface area contributed by atoms with Gasteiger partial charge in [-0.1, -0.05) is 24.9 Å². The molecule has 2 atom stereocenters. The fraction of sp³-hybridized carbons (Fsp3) is 0.522. The molecule has 37 heavy (non-hydrogen) atoms. The minimum absolute atomic E-state index is 0.0222. The van der Waals surface area contributed by atoms with Gasteiger partial charge in [0.05, 0.1) is 29.1 Å². The molecule has 9 nitrogen and oxygen atoms in total. The summed E-state index contributed by atoms with van der Waals surface area (Å²) in [5.74, 6) is -0.866. The van der Waals surface area contributed by atoms with Gasteiger partial charge in [-0.2, -0.15) is 18.2 Å². The number of aliphatic hydroxyl groups excluding tert-OH is 1. The molecule has 0 bridgehead atoms. The molecule has 1 unspecified atom stereocenters. The average molecular weight is 564 g/mol. The Balaban J connectivity index is 0.000000479. The lowest BCUT2D eigenvalue weighted by atomic mass is 10.2. The van der Waals surface area contributed by atoms with Gasteiger partial charge in [0.15, 0.2) is 0 Å². The maximum absolute atomic E-state index is 12.5. The van der Waals surface area contributed by atoms with Gasteiger partial charge in [-0.15, -0.1) is 0 Å². The second kappa shape index (κ2) is 12.7. The molecule has 0 radical (unpaired) electrons. The summed E-state index contributed by atoms with van der Waals surface area (Å²) in [4.78, 5) is 23.7. The van der Waals surface area contributed by atoms with Gasteiger partial charge in [-0.3, -0.25) is 4.21 Å². The van der Waals surface area contributed by atoms with E-state index in [4.69, 9.17) is 31.5 Å². The number of piperazine rings is 1. The molecule has 204 valence electrons. The van der Waals surface area contributed by atoms with Crippen molar-refractivity contribution >= 4 is 45.8 Å². The highest BCUT2D eigenvalue weighted by Gasteiger charge is 2.38. The Bertz CT molecular complexity index is 1100. The number of hydrogen-bond acceptors (Lipinski definition) is 8. The lowest BCUT2D eigenvalue weighted by Crippen LogP contribution is -2.47. The van der Waals surface area contributed by atoms with Crippen molar-refractivity contribution < 1.29 is 32.4 Å². The topological polar surface area (TPSA) is 119 Å². The van der Waals surface area contributed by atoms with Crippen molar-refractivity contribution in [3.63, 3.8) is 0 Å². The maximum Gasteiger partial charge on any atom is 0.490 e.